The quantitative estimate of drug-likeness (QED) is 0.678. The maximum absolute atomic E-state index is 13.5. The SMILES string of the molecule is CC(NC(=O)c1c[nH]c2ncc(-c3cccc(F)c3)cc12)C1CCCCC1. The predicted octanol–water partition coefficient (Wildman–Crippen LogP) is 5.07. The summed E-state index contributed by atoms with van der Waals surface area (Å²) in [6, 6.07) is 8.45. The first-order chi connectivity index (χ1) is 13.1. The van der Waals surface area contributed by atoms with Gasteiger partial charge in [0.25, 0.3) is 5.91 Å². The van der Waals surface area contributed by atoms with E-state index < -0.39 is 0 Å². The van der Waals surface area contributed by atoms with Crippen molar-refractivity contribution in [2.75, 3.05) is 0 Å². The molecule has 4 rings (SSSR count). The van der Waals surface area contributed by atoms with Crippen LogP contribution in [-0.4, -0.2) is 21.9 Å². The first-order valence-electron chi connectivity index (χ1n) is 9.66. The molecule has 27 heavy (non-hydrogen) atoms. The number of hydrogen-bond acceptors (Lipinski definition) is 2. The van der Waals surface area contributed by atoms with Crippen molar-refractivity contribution in [1.82, 2.24) is 15.3 Å². The van der Waals surface area contributed by atoms with Crippen LogP contribution in [0.3, 0.4) is 0 Å². The van der Waals surface area contributed by atoms with Crippen molar-refractivity contribution >= 4 is 16.9 Å². The summed E-state index contributed by atoms with van der Waals surface area (Å²) in [5.74, 6) is 0.173. The van der Waals surface area contributed by atoms with Crippen LogP contribution in [0.5, 0.6) is 0 Å². The molecule has 1 aliphatic rings. The fraction of sp³-hybridized carbons (Fsp3) is 0.364. The summed E-state index contributed by atoms with van der Waals surface area (Å²) >= 11 is 0. The molecule has 1 unspecified atom stereocenters. The Labute approximate surface area is 158 Å². The molecule has 2 N–H and O–H groups in total. The van der Waals surface area contributed by atoms with Gasteiger partial charge in [-0.3, -0.25) is 4.79 Å². The lowest BCUT2D eigenvalue weighted by Gasteiger charge is -2.28. The molecule has 0 aliphatic heterocycles. The normalized spacial score (nSPS) is 16.4. The van der Waals surface area contributed by atoms with Gasteiger partial charge in [-0.15, -0.1) is 0 Å². The monoisotopic (exact) mass is 365 g/mol. The highest BCUT2D eigenvalue weighted by Gasteiger charge is 2.23. The van der Waals surface area contributed by atoms with E-state index in [9.17, 15) is 9.18 Å². The second kappa shape index (κ2) is 7.51. The number of H-pyrrole nitrogens is 1. The Morgan fingerprint density at radius 3 is 2.81 bits per heavy atom. The second-order valence-electron chi connectivity index (χ2n) is 7.49. The highest BCUT2D eigenvalue weighted by Crippen LogP contribution is 2.28. The summed E-state index contributed by atoms with van der Waals surface area (Å²) in [4.78, 5) is 20.3. The molecular formula is C22H24FN3O. The van der Waals surface area contributed by atoms with Crippen LogP contribution in [0.2, 0.25) is 0 Å². The van der Waals surface area contributed by atoms with Crippen LogP contribution in [0.1, 0.15) is 49.4 Å². The zero-order chi connectivity index (χ0) is 18.8. The molecule has 1 aliphatic carbocycles. The number of fused-ring (bicyclic) bond motifs is 1. The number of halogens is 1. The lowest BCUT2D eigenvalue weighted by Crippen LogP contribution is -2.38. The van der Waals surface area contributed by atoms with Crippen molar-refractivity contribution in [1.29, 1.82) is 0 Å². The van der Waals surface area contributed by atoms with Gasteiger partial charge in [-0.25, -0.2) is 9.37 Å². The Balaban J connectivity index is 1.59. The fourth-order valence-corrected chi connectivity index (χ4v) is 4.05. The average Bonchev–Trinajstić information content (AvgIpc) is 3.12. The van der Waals surface area contributed by atoms with Crippen LogP contribution in [-0.2, 0) is 0 Å². The first-order valence-corrected chi connectivity index (χ1v) is 9.66. The van der Waals surface area contributed by atoms with E-state index in [4.69, 9.17) is 0 Å². The van der Waals surface area contributed by atoms with Crippen molar-refractivity contribution in [3.8, 4) is 11.1 Å². The van der Waals surface area contributed by atoms with Crippen LogP contribution < -0.4 is 5.32 Å². The Morgan fingerprint density at radius 1 is 1.22 bits per heavy atom. The molecule has 5 heteroatoms. The number of pyridine rings is 1. The predicted molar refractivity (Wildman–Crippen MR) is 105 cm³/mol. The minimum absolute atomic E-state index is 0.0856. The number of nitrogens with zero attached hydrogens (tertiary/aromatic N) is 1. The van der Waals surface area contributed by atoms with E-state index in [-0.39, 0.29) is 17.8 Å². The standard InChI is InChI=1S/C22H24FN3O/c1-14(15-6-3-2-4-7-15)26-22(27)20-13-25-21-19(20)11-17(12-24-21)16-8-5-9-18(23)10-16/h5,8-15H,2-4,6-7H2,1H3,(H,24,25)(H,26,27). The summed E-state index contributed by atoms with van der Waals surface area (Å²) in [5.41, 5.74) is 2.77. The maximum atomic E-state index is 13.5. The van der Waals surface area contributed by atoms with E-state index in [1.807, 2.05) is 12.1 Å². The summed E-state index contributed by atoms with van der Waals surface area (Å²) in [5, 5.41) is 3.92. The second-order valence-corrected chi connectivity index (χ2v) is 7.49. The zero-order valence-electron chi connectivity index (χ0n) is 15.5. The first kappa shape index (κ1) is 17.7. The number of carbonyl (C=O) groups excluding carboxylic acids is 1. The van der Waals surface area contributed by atoms with Gasteiger partial charge in [0, 0.05) is 29.4 Å². The molecule has 2 heterocycles. The van der Waals surface area contributed by atoms with Crippen LogP contribution in [0.15, 0.2) is 42.7 Å². The molecule has 3 aromatic rings. The number of benzene rings is 1. The van der Waals surface area contributed by atoms with Gasteiger partial charge in [-0.05, 0) is 49.4 Å². The van der Waals surface area contributed by atoms with E-state index in [1.165, 1.54) is 44.2 Å². The fourth-order valence-electron chi connectivity index (χ4n) is 4.05. The molecule has 2 aromatic heterocycles. The van der Waals surface area contributed by atoms with E-state index in [0.717, 1.165) is 16.5 Å². The lowest BCUT2D eigenvalue weighted by atomic mass is 9.84. The summed E-state index contributed by atoms with van der Waals surface area (Å²) in [7, 11) is 0. The topological polar surface area (TPSA) is 57.8 Å². The Hall–Kier alpha value is -2.69. The van der Waals surface area contributed by atoms with Crippen LogP contribution >= 0.6 is 0 Å². The van der Waals surface area contributed by atoms with Crippen molar-refractivity contribution in [3.63, 3.8) is 0 Å². The van der Waals surface area contributed by atoms with Crippen molar-refractivity contribution < 1.29 is 9.18 Å². The molecular weight excluding hydrogens is 341 g/mol. The van der Waals surface area contributed by atoms with Crippen molar-refractivity contribution in [3.05, 3.63) is 54.1 Å². The summed E-state index contributed by atoms with van der Waals surface area (Å²) < 4.78 is 13.5. The minimum atomic E-state index is -0.291. The number of nitrogens with one attached hydrogen (secondary N) is 2. The van der Waals surface area contributed by atoms with Gasteiger partial charge in [0.05, 0.1) is 5.56 Å². The minimum Gasteiger partial charge on any atom is -0.349 e. The third kappa shape index (κ3) is 3.72. The third-order valence-electron chi connectivity index (χ3n) is 5.65. The van der Waals surface area contributed by atoms with E-state index >= 15 is 0 Å². The molecule has 1 aromatic carbocycles. The van der Waals surface area contributed by atoms with Gasteiger partial charge in [0.2, 0.25) is 0 Å². The Kier molecular flexibility index (Phi) is 4.92. The van der Waals surface area contributed by atoms with E-state index in [2.05, 4.69) is 22.2 Å². The molecule has 0 saturated heterocycles. The smallest absolute Gasteiger partial charge is 0.253 e. The number of carbonyl (C=O) groups is 1. The number of rotatable bonds is 4. The Morgan fingerprint density at radius 2 is 2.04 bits per heavy atom. The van der Waals surface area contributed by atoms with Gasteiger partial charge >= 0.3 is 0 Å². The molecule has 1 fully saturated rings. The highest BCUT2D eigenvalue weighted by atomic mass is 19.1. The highest BCUT2D eigenvalue weighted by molar-refractivity contribution is 6.06. The van der Waals surface area contributed by atoms with Gasteiger partial charge in [-0.1, -0.05) is 31.4 Å². The molecule has 4 nitrogen and oxygen atoms in total. The van der Waals surface area contributed by atoms with Gasteiger partial charge < -0.3 is 10.3 Å². The van der Waals surface area contributed by atoms with Gasteiger partial charge in [0.1, 0.15) is 11.5 Å². The molecule has 0 spiro atoms. The number of amides is 1. The van der Waals surface area contributed by atoms with Crippen LogP contribution in [0, 0.1) is 11.7 Å². The Bertz CT molecular complexity index is 959. The molecule has 140 valence electrons. The molecule has 1 amide bonds. The van der Waals surface area contributed by atoms with Crippen molar-refractivity contribution in [2.24, 2.45) is 5.92 Å². The van der Waals surface area contributed by atoms with Crippen LogP contribution in [0.4, 0.5) is 4.39 Å². The van der Waals surface area contributed by atoms with Crippen molar-refractivity contribution in [2.45, 2.75) is 45.1 Å². The van der Waals surface area contributed by atoms with E-state index in [1.54, 1.807) is 18.5 Å². The maximum Gasteiger partial charge on any atom is 0.253 e. The number of aromatic amines is 1. The van der Waals surface area contributed by atoms with Gasteiger partial charge in [0.15, 0.2) is 0 Å². The third-order valence-corrected chi connectivity index (χ3v) is 5.65. The molecule has 1 saturated carbocycles. The van der Waals surface area contributed by atoms with E-state index in [0.29, 0.717) is 17.1 Å². The van der Waals surface area contributed by atoms with Crippen LogP contribution in [0.25, 0.3) is 22.2 Å². The zero-order valence-corrected chi connectivity index (χ0v) is 15.5. The average molecular weight is 365 g/mol. The number of aromatic nitrogens is 2. The molecule has 0 radical (unpaired) electrons. The largest absolute Gasteiger partial charge is 0.349 e. The summed E-state index contributed by atoms with van der Waals surface area (Å²) in [6.07, 6.45) is 9.56. The van der Waals surface area contributed by atoms with Gasteiger partial charge in [-0.2, -0.15) is 0 Å². The molecule has 1 atom stereocenters. The lowest BCUT2D eigenvalue weighted by molar-refractivity contribution is 0.0921. The molecule has 0 bridgehead atoms. The summed E-state index contributed by atoms with van der Waals surface area (Å²) in [6.45, 7) is 2.10. The number of hydrogen-bond donors (Lipinski definition) is 2.